The summed E-state index contributed by atoms with van der Waals surface area (Å²) >= 11 is 0. The minimum atomic E-state index is 0.0596. The maximum absolute atomic E-state index is 11.6. The van der Waals surface area contributed by atoms with Gasteiger partial charge in [0.25, 0.3) is 0 Å². The first-order valence-electron chi connectivity index (χ1n) is 5.11. The molecule has 0 bridgehead atoms. The van der Waals surface area contributed by atoms with Crippen molar-refractivity contribution in [3.8, 4) is 0 Å². The molecule has 1 heterocycles. The third kappa shape index (κ3) is 1.18. The molecule has 2 atom stereocenters. The van der Waals surface area contributed by atoms with Crippen LogP contribution >= 0.6 is 0 Å². The normalized spacial score (nSPS) is 31.9. The molecular weight excluding hydrogens is 166 g/mol. The first-order valence-corrected chi connectivity index (χ1v) is 5.11. The van der Waals surface area contributed by atoms with E-state index in [1.165, 1.54) is 4.90 Å². The van der Waals surface area contributed by atoms with Gasteiger partial charge in [-0.05, 0) is 19.3 Å². The number of hydrogen-bond donors (Lipinski definition) is 0. The van der Waals surface area contributed by atoms with Gasteiger partial charge in [-0.2, -0.15) is 0 Å². The Morgan fingerprint density at radius 3 is 2.15 bits per heavy atom. The van der Waals surface area contributed by atoms with Crippen molar-refractivity contribution in [2.75, 3.05) is 6.54 Å². The summed E-state index contributed by atoms with van der Waals surface area (Å²) in [4.78, 5) is 24.7. The maximum Gasteiger partial charge on any atom is 0.233 e. The zero-order chi connectivity index (χ0) is 9.42. The quantitative estimate of drug-likeness (QED) is 0.613. The number of amides is 2. The third-order valence-corrected chi connectivity index (χ3v) is 3.18. The van der Waals surface area contributed by atoms with Gasteiger partial charge >= 0.3 is 0 Å². The molecule has 3 heteroatoms. The number of unbranched alkanes of at least 4 members (excludes halogenated alkanes) is 1. The van der Waals surface area contributed by atoms with Gasteiger partial charge in [-0.25, -0.2) is 0 Å². The van der Waals surface area contributed by atoms with Crippen molar-refractivity contribution in [3.05, 3.63) is 0 Å². The average Bonchev–Trinajstić information content (AvgIpc) is 2.16. The van der Waals surface area contributed by atoms with Gasteiger partial charge in [0.2, 0.25) is 11.8 Å². The average molecular weight is 181 g/mol. The lowest BCUT2D eigenvalue weighted by molar-refractivity contribution is -0.139. The van der Waals surface area contributed by atoms with E-state index in [-0.39, 0.29) is 23.7 Å². The monoisotopic (exact) mass is 181 g/mol. The standard InChI is InChI=1S/C10H15NO2/c1-2-3-6-11-9(12)7-4-5-8(7)10(11)13/h7-8H,2-6H2,1H3. The predicted molar refractivity (Wildman–Crippen MR) is 47.8 cm³/mol. The molecule has 0 aromatic carbocycles. The van der Waals surface area contributed by atoms with Crippen LogP contribution in [0.4, 0.5) is 0 Å². The van der Waals surface area contributed by atoms with Crippen molar-refractivity contribution in [2.24, 2.45) is 11.8 Å². The fourth-order valence-corrected chi connectivity index (χ4v) is 2.14. The fraction of sp³-hybridized carbons (Fsp3) is 0.800. The zero-order valence-corrected chi connectivity index (χ0v) is 7.95. The molecule has 0 N–H and O–H groups in total. The smallest absolute Gasteiger partial charge is 0.233 e. The Kier molecular flexibility index (Phi) is 2.10. The van der Waals surface area contributed by atoms with E-state index in [1.54, 1.807) is 0 Å². The van der Waals surface area contributed by atoms with Crippen LogP contribution in [0, 0.1) is 11.8 Å². The molecule has 2 amide bonds. The lowest BCUT2D eigenvalue weighted by atomic mass is 9.76. The van der Waals surface area contributed by atoms with Crippen molar-refractivity contribution in [1.29, 1.82) is 0 Å². The minimum absolute atomic E-state index is 0.0596. The number of carbonyl (C=O) groups is 2. The molecule has 3 nitrogen and oxygen atoms in total. The van der Waals surface area contributed by atoms with E-state index in [4.69, 9.17) is 0 Å². The Balaban J connectivity index is 2.02. The van der Waals surface area contributed by atoms with Crippen molar-refractivity contribution in [2.45, 2.75) is 32.6 Å². The van der Waals surface area contributed by atoms with Gasteiger partial charge in [-0.3, -0.25) is 14.5 Å². The number of hydrogen-bond acceptors (Lipinski definition) is 2. The predicted octanol–water partition coefficient (Wildman–Crippen LogP) is 1.18. The van der Waals surface area contributed by atoms with Crippen molar-refractivity contribution < 1.29 is 9.59 Å². The highest BCUT2D eigenvalue weighted by molar-refractivity contribution is 6.06. The number of likely N-dealkylation sites (tertiary alicyclic amines) is 1. The molecule has 72 valence electrons. The molecule has 2 rings (SSSR count). The lowest BCUT2D eigenvalue weighted by Crippen LogP contribution is -2.31. The van der Waals surface area contributed by atoms with Crippen LogP contribution in [0.25, 0.3) is 0 Å². The van der Waals surface area contributed by atoms with E-state index in [0.717, 1.165) is 25.7 Å². The Morgan fingerprint density at radius 1 is 1.23 bits per heavy atom. The molecule has 0 aromatic heterocycles. The second-order valence-corrected chi connectivity index (χ2v) is 3.97. The minimum Gasteiger partial charge on any atom is -0.282 e. The first-order chi connectivity index (χ1) is 6.25. The zero-order valence-electron chi connectivity index (χ0n) is 7.95. The van der Waals surface area contributed by atoms with Gasteiger partial charge < -0.3 is 0 Å². The molecular formula is C10H15NO2. The molecule has 1 aliphatic carbocycles. The number of imide groups is 1. The summed E-state index contributed by atoms with van der Waals surface area (Å²) in [6, 6.07) is 0. The van der Waals surface area contributed by atoms with Gasteiger partial charge in [-0.1, -0.05) is 13.3 Å². The fourth-order valence-electron chi connectivity index (χ4n) is 2.14. The third-order valence-electron chi connectivity index (χ3n) is 3.18. The summed E-state index contributed by atoms with van der Waals surface area (Å²) in [6.07, 6.45) is 3.83. The number of carbonyl (C=O) groups excluding carboxylic acids is 2. The second-order valence-electron chi connectivity index (χ2n) is 3.97. The van der Waals surface area contributed by atoms with Gasteiger partial charge in [0.1, 0.15) is 0 Å². The SMILES string of the molecule is CCCCN1C(=O)C2CCC2C1=O. The van der Waals surface area contributed by atoms with Crippen LogP contribution in [0.3, 0.4) is 0 Å². The summed E-state index contributed by atoms with van der Waals surface area (Å²) in [5.74, 6) is 0.304. The van der Waals surface area contributed by atoms with Crippen molar-refractivity contribution in [3.63, 3.8) is 0 Å². The summed E-state index contributed by atoms with van der Waals surface area (Å²) < 4.78 is 0. The highest BCUT2D eigenvalue weighted by atomic mass is 16.2. The van der Waals surface area contributed by atoms with Crippen LogP contribution in [-0.2, 0) is 9.59 Å². The Bertz CT molecular complexity index is 227. The molecule has 1 aliphatic heterocycles. The van der Waals surface area contributed by atoms with E-state index in [0.29, 0.717) is 6.54 Å². The van der Waals surface area contributed by atoms with E-state index in [9.17, 15) is 9.59 Å². The highest BCUT2D eigenvalue weighted by Crippen LogP contribution is 2.42. The Morgan fingerprint density at radius 2 is 1.77 bits per heavy atom. The second kappa shape index (κ2) is 3.13. The van der Waals surface area contributed by atoms with Gasteiger partial charge in [-0.15, -0.1) is 0 Å². The molecule has 2 unspecified atom stereocenters. The van der Waals surface area contributed by atoms with Gasteiger partial charge in [0.05, 0.1) is 11.8 Å². The maximum atomic E-state index is 11.6. The Labute approximate surface area is 78.1 Å². The van der Waals surface area contributed by atoms with Crippen LogP contribution in [0.1, 0.15) is 32.6 Å². The van der Waals surface area contributed by atoms with Gasteiger partial charge in [0, 0.05) is 6.54 Å². The molecule has 0 spiro atoms. The molecule has 2 aliphatic rings. The summed E-state index contributed by atoms with van der Waals surface area (Å²) in [6.45, 7) is 2.71. The van der Waals surface area contributed by atoms with Crippen molar-refractivity contribution >= 4 is 11.8 Å². The molecule has 13 heavy (non-hydrogen) atoms. The molecule has 0 radical (unpaired) electrons. The molecule has 0 aromatic rings. The highest BCUT2D eigenvalue weighted by Gasteiger charge is 2.52. The Hall–Kier alpha value is -0.860. The summed E-state index contributed by atoms with van der Waals surface area (Å²) in [7, 11) is 0. The summed E-state index contributed by atoms with van der Waals surface area (Å²) in [5.41, 5.74) is 0. The van der Waals surface area contributed by atoms with Crippen LogP contribution < -0.4 is 0 Å². The largest absolute Gasteiger partial charge is 0.282 e. The topological polar surface area (TPSA) is 37.4 Å². The van der Waals surface area contributed by atoms with E-state index < -0.39 is 0 Å². The van der Waals surface area contributed by atoms with Crippen LogP contribution in [0.2, 0.25) is 0 Å². The van der Waals surface area contributed by atoms with Crippen molar-refractivity contribution in [1.82, 2.24) is 4.90 Å². The van der Waals surface area contributed by atoms with E-state index in [2.05, 4.69) is 6.92 Å². The van der Waals surface area contributed by atoms with E-state index in [1.807, 2.05) is 0 Å². The molecule has 1 saturated carbocycles. The molecule has 2 fully saturated rings. The first kappa shape index (κ1) is 8.73. The number of rotatable bonds is 3. The number of nitrogens with zero attached hydrogens (tertiary/aromatic N) is 1. The van der Waals surface area contributed by atoms with Crippen LogP contribution in [0.15, 0.2) is 0 Å². The van der Waals surface area contributed by atoms with Gasteiger partial charge in [0.15, 0.2) is 0 Å². The summed E-state index contributed by atoms with van der Waals surface area (Å²) in [5, 5.41) is 0. The van der Waals surface area contributed by atoms with Crippen LogP contribution in [0.5, 0.6) is 0 Å². The molecule has 1 saturated heterocycles. The van der Waals surface area contributed by atoms with Crippen LogP contribution in [-0.4, -0.2) is 23.3 Å². The number of fused-ring (bicyclic) bond motifs is 1. The van der Waals surface area contributed by atoms with E-state index >= 15 is 0 Å². The lowest BCUT2D eigenvalue weighted by Gasteiger charge is -2.24.